The number of amides is 1. The van der Waals surface area contributed by atoms with Crippen molar-refractivity contribution in [3.63, 3.8) is 0 Å². The number of hydrogen-bond acceptors (Lipinski definition) is 6. The third-order valence-electron chi connectivity index (χ3n) is 3.02. The number of hydrogen-bond donors (Lipinski definition) is 3. The number of nitrogens with one attached hydrogen (secondary N) is 1. The van der Waals surface area contributed by atoms with E-state index in [1.807, 2.05) is 0 Å². The molecule has 0 saturated heterocycles. The summed E-state index contributed by atoms with van der Waals surface area (Å²) >= 11 is 1.25. The molecule has 0 fully saturated rings. The number of carboxylic acids is 1. The monoisotopic (exact) mass is 336 g/mol. The topological polar surface area (TPSA) is 109 Å². The van der Waals surface area contributed by atoms with Crippen LogP contribution in [0, 0.1) is 0 Å². The number of ether oxygens (including phenoxy) is 1. The molecule has 122 valence electrons. The van der Waals surface area contributed by atoms with Crippen molar-refractivity contribution in [2.24, 2.45) is 0 Å². The van der Waals surface area contributed by atoms with Gasteiger partial charge in [-0.1, -0.05) is 12.1 Å². The van der Waals surface area contributed by atoms with Gasteiger partial charge in [0.25, 0.3) is 0 Å². The van der Waals surface area contributed by atoms with E-state index in [1.165, 1.54) is 18.4 Å². The Morgan fingerprint density at radius 3 is 2.83 bits per heavy atom. The third-order valence-corrected chi connectivity index (χ3v) is 3.92. The van der Waals surface area contributed by atoms with Gasteiger partial charge in [0.2, 0.25) is 5.91 Å². The summed E-state index contributed by atoms with van der Waals surface area (Å²) in [5.41, 5.74) is 0.985. The van der Waals surface area contributed by atoms with Crippen LogP contribution in [0.1, 0.15) is 16.3 Å². The maximum absolute atomic E-state index is 11.9. The maximum atomic E-state index is 11.9. The van der Waals surface area contributed by atoms with Crippen LogP contribution in [0.4, 0.5) is 0 Å². The fourth-order valence-corrected chi connectivity index (χ4v) is 2.73. The summed E-state index contributed by atoms with van der Waals surface area (Å²) in [4.78, 5) is 26.6. The summed E-state index contributed by atoms with van der Waals surface area (Å²) in [7, 11) is 1.45. The molecule has 0 aliphatic carbocycles. The number of carboxylic acid groups (broad SMARTS) is 1. The summed E-state index contributed by atoms with van der Waals surface area (Å²) in [6, 6.07) is 5.03. The van der Waals surface area contributed by atoms with Crippen LogP contribution in [0.15, 0.2) is 23.6 Å². The second kappa shape index (κ2) is 7.59. The Bertz CT molecular complexity index is 714. The van der Waals surface area contributed by atoms with Gasteiger partial charge in [-0.05, 0) is 6.07 Å². The molecule has 0 radical (unpaired) electrons. The molecule has 0 unspecified atom stereocenters. The number of methoxy groups -OCH3 is 1. The molecule has 8 heteroatoms. The van der Waals surface area contributed by atoms with Crippen LogP contribution in [-0.4, -0.2) is 34.2 Å². The van der Waals surface area contributed by atoms with Gasteiger partial charge in [0, 0.05) is 17.5 Å². The number of carbonyl (C=O) groups excluding carboxylic acids is 1. The predicted molar refractivity (Wildman–Crippen MR) is 83.7 cm³/mol. The van der Waals surface area contributed by atoms with Gasteiger partial charge in [-0.3, -0.25) is 9.59 Å². The van der Waals surface area contributed by atoms with Gasteiger partial charge in [0.05, 0.1) is 25.6 Å². The second-order valence-electron chi connectivity index (χ2n) is 4.72. The zero-order valence-electron chi connectivity index (χ0n) is 12.4. The average Bonchev–Trinajstić information content (AvgIpc) is 2.92. The highest BCUT2D eigenvalue weighted by Gasteiger charge is 2.12. The zero-order valence-corrected chi connectivity index (χ0v) is 13.2. The highest BCUT2D eigenvalue weighted by atomic mass is 32.1. The first-order valence-electron chi connectivity index (χ1n) is 6.76. The predicted octanol–water partition coefficient (Wildman–Crippen LogP) is 1.34. The lowest BCUT2D eigenvalue weighted by Gasteiger charge is -2.09. The average molecular weight is 336 g/mol. The Morgan fingerprint density at radius 1 is 1.35 bits per heavy atom. The quantitative estimate of drug-likeness (QED) is 0.704. The summed E-state index contributed by atoms with van der Waals surface area (Å²) in [6.07, 6.45) is -0.0924. The molecule has 1 aromatic carbocycles. The largest absolute Gasteiger partial charge is 0.504 e. The minimum atomic E-state index is -0.959. The van der Waals surface area contributed by atoms with Crippen molar-refractivity contribution >= 4 is 23.2 Å². The highest BCUT2D eigenvalue weighted by Crippen LogP contribution is 2.29. The Morgan fingerprint density at radius 2 is 2.13 bits per heavy atom. The van der Waals surface area contributed by atoms with Crippen molar-refractivity contribution in [2.45, 2.75) is 19.4 Å². The molecule has 1 aromatic heterocycles. The van der Waals surface area contributed by atoms with Crippen molar-refractivity contribution in [1.29, 1.82) is 0 Å². The molecule has 1 heterocycles. The molecular weight excluding hydrogens is 320 g/mol. The van der Waals surface area contributed by atoms with E-state index in [-0.39, 0.29) is 31.0 Å². The van der Waals surface area contributed by atoms with E-state index in [0.717, 1.165) is 0 Å². The number of aliphatic carboxylic acids is 1. The first kappa shape index (κ1) is 16.8. The number of para-hydroxylation sites is 1. The number of aromatic nitrogens is 1. The Kier molecular flexibility index (Phi) is 5.53. The Hall–Kier alpha value is -2.61. The summed E-state index contributed by atoms with van der Waals surface area (Å²) in [6.45, 7) is 0.162. The molecule has 7 nitrogen and oxygen atoms in total. The number of thiazole rings is 1. The van der Waals surface area contributed by atoms with Crippen LogP contribution in [0.2, 0.25) is 0 Å². The number of aromatic hydroxyl groups is 1. The first-order valence-corrected chi connectivity index (χ1v) is 7.64. The van der Waals surface area contributed by atoms with Gasteiger partial charge in [-0.2, -0.15) is 0 Å². The van der Waals surface area contributed by atoms with E-state index in [1.54, 1.807) is 23.6 Å². The molecule has 0 atom stereocenters. The lowest BCUT2D eigenvalue weighted by molar-refractivity contribution is -0.136. The van der Waals surface area contributed by atoms with E-state index >= 15 is 0 Å². The number of carbonyl (C=O) groups is 2. The van der Waals surface area contributed by atoms with Gasteiger partial charge in [0.15, 0.2) is 11.5 Å². The molecule has 0 aliphatic heterocycles. The van der Waals surface area contributed by atoms with Gasteiger partial charge in [-0.25, -0.2) is 4.98 Å². The van der Waals surface area contributed by atoms with Gasteiger partial charge in [0.1, 0.15) is 5.01 Å². The number of nitrogens with zero attached hydrogens (tertiary/aromatic N) is 1. The molecule has 0 saturated carbocycles. The van der Waals surface area contributed by atoms with Gasteiger partial charge >= 0.3 is 5.97 Å². The fraction of sp³-hybridized carbons (Fsp3) is 0.267. The standard InChI is InChI=1S/C15H16N2O5S/c1-22-11-4-2-3-9(15(11)21)7-16-12(18)6-13-17-10(8-23-13)5-14(19)20/h2-4,8,21H,5-7H2,1H3,(H,16,18)(H,19,20). The molecule has 0 aliphatic rings. The van der Waals surface area contributed by atoms with Crippen LogP contribution in [0.3, 0.4) is 0 Å². The second-order valence-corrected chi connectivity index (χ2v) is 5.67. The van der Waals surface area contributed by atoms with Crippen molar-refractivity contribution < 1.29 is 24.5 Å². The van der Waals surface area contributed by atoms with E-state index in [0.29, 0.717) is 22.0 Å². The molecule has 0 spiro atoms. The zero-order chi connectivity index (χ0) is 16.8. The number of benzene rings is 1. The van der Waals surface area contributed by atoms with Crippen LogP contribution in [-0.2, 0) is 29.0 Å². The first-order chi connectivity index (χ1) is 11.0. The van der Waals surface area contributed by atoms with E-state index in [4.69, 9.17) is 9.84 Å². The normalized spacial score (nSPS) is 10.3. The molecule has 2 aromatic rings. The molecule has 3 N–H and O–H groups in total. The van der Waals surface area contributed by atoms with Crippen LogP contribution >= 0.6 is 11.3 Å². The van der Waals surface area contributed by atoms with Crippen LogP contribution in [0.5, 0.6) is 11.5 Å². The van der Waals surface area contributed by atoms with Gasteiger partial charge < -0.3 is 20.3 Å². The molecule has 23 heavy (non-hydrogen) atoms. The molecule has 0 bridgehead atoms. The molecule has 1 amide bonds. The lowest BCUT2D eigenvalue weighted by Crippen LogP contribution is -2.24. The maximum Gasteiger partial charge on any atom is 0.309 e. The minimum absolute atomic E-state index is 0.00621. The van der Waals surface area contributed by atoms with Crippen molar-refractivity contribution in [3.05, 3.63) is 39.8 Å². The molecule has 2 rings (SSSR count). The number of rotatable bonds is 7. The van der Waals surface area contributed by atoms with E-state index in [2.05, 4.69) is 10.3 Å². The lowest BCUT2D eigenvalue weighted by atomic mass is 10.2. The van der Waals surface area contributed by atoms with Crippen molar-refractivity contribution in [1.82, 2.24) is 10.3 Å². The highest BCUT2D eigenvalue weighted by molar-refractivity contribution is 7.09. The summed E-state index contributed by atoms with van der Waals surface area (Å²) < 4.78 is 5.00. The van der Waals surface area contributed by atoms with Crippen molar-refractivity contribution in [3.8, 4) is 11.5 Å². The van der Waals surface area contributed by atoms with Crippen LogP contribution in [0.25, 0.3) is 0 Å². The van der Waals surface area contributed by atoms with Crippen molar-refractivity contribution in [2.75, 3.05) is 7.11 Å². The van der Waals surface area contributed by atoms with E-state index < -0.39 is 5.97 Å². The fourth-order valence-electron chi connectivity index (χ4n) is 1.94. The third kappa shape index (κ3) is 4.68. The Balaban J connectivity index is 1.90. The summed E-state index contributed by atoms with van der Waals surface area (Å²) in [5.74, 6) is -0.883. The number of phenols is 1. The van der Waals surface area contributed by atoms with Crippen LogP contribution < -0.4 is 10.1 Å². The summed E-state index contributed by atoms with van der Waals surface area (Å²) in [5, 5.41) is 23.5. The smallest absolute Gasteiger partial charge is 0.309 e. The SMILES string of the molecule is COc1cccc(CNC(=O)Cc2nc(CC(=O)O)cs2)c1O. The Labute approximate surface area is 136 Å². The minimum Gasteiger partial charge on any atom is -0.504 e. The number of phenolic OH excluding ortho intramolecular Hbond substituents is 1. The molecular formula is C15H16N2O5S. The van der Waals surface area contributed by atoms with E-state index in [9.17, 15) is 14.7 Å². The van der Waals surface area contributed by atoms with Gasteiger partial charge in [-0.15, -0.1) is 11.3 Å².